The van der Waals surface area contributed by atoms with Crippen molar-refractivity contribution in [2.75, 3.05) is 7.11 Å². The summed E-state index contributed by atoms with van der Waals surface area (Å²) >= 11 is 0. The molecule has 7 heteroatoms. The summed E-state index contributed by atoms with van der Waals surface area (Å²) in [5.41, 5.74) is 2.69. The molecule has 1 amide bonds. The minimum absolute atomic E-state index is 0.224. The molecule has 0 aliphatic heterocycles. The minimum Gasteiger partial charge on any atom is -0.501 e. The molecule has 29 heavy (non-hydrogen) atoms. The van der Waals surface area contributed by atoms with Crippen LogP contribution in [0.4, 0.5) is 0 Å². The summed E-state index contributed by atoms with van der Waals surface area (Å²) in [5.74, 6) is -0.595. The van der Waals surface area contributed by atoms with Crippen LogP contribution in [0.15, 0.2) is 47.3 Å². The van der Waals surface area contributed by atoms with Gasteiger partial charge in [0.05, 0.1) is 12.7 Å². The average Bonchev–Trinajstić information content (AvgIpc) is 2.73. The monoisotopic (exact) mass is 393 g/mol. The van der Waals surface area contributed by atoms with Crippen molar-refractivity contribution in [3.8, 4) is 22.9 Å². The molecule has 0 saturated heterocycles. The fraction of sp³-hybridized carbons (Fsp3) is 0.227. The molecule has 2 N–H and O–H groups in total. The maximum atomic E-state index is 12.7. The third-order valence-corrected chi connectivity index (χ3v) is 4.85. The first-order valence-electron chi connectivity index (χ1n) is 9.11. The topological polar surface area (TPSA) is 93.5 Å². The standard InChI is InChI=1S/C22H23N3O4/c1-13-9-10-15(11-14(13)2)12-23-21(27)18-19(26)22(28)25(3)20(24-18)16-7-5-6-8-17(16)29-4/h5-11,26H,12H2,1-4H3,(H,23,27). The number of para-hydroxylation sites is 1. The van der Waals surface area contributed by atoms with Crippen molar-refractivity contribution < 1.29 is 14.6 Å². The Morgan fingerprint density at radius 1 is 1.17 bits per heavy atom. The molecule has 0 unspecified atom stereocenters. The Morgan fingerprint density at radius 3 is 2.59 bits per heavy atom. The number of hydrogen-bond donors (Lipinski definition) is 2. The van der Waals surface area contributed by atoms with Crippen LogP contribution in [0, 0.1) is 13.8 Å². The molecule has 0 radical (unpaired) electrons. The number of benzene rings is 2. The summed E-state index contributed by atoms with van der Waals surface area (Å²) in [6.45, 7) is 4.26. The van der Waals surface area contributed by atoms with Crippen molar-refractivity contribution in [3.05, 3.63) is 75.2 Å². The lowest BCUT2D eigenvalue weighted by Crippen LogP contribution is -2.29. The van der Waals surface area contributed by atoms with Gasteiger partial charge in [0, 0.05) is 13.6 Å². The van der Waals surface area contributed by atoms with Crippen molar-refractivity contribution in [2.24, 2.45) is 7.05 Å². The Labute approximate surface area is 168 Å². The Morgan fingerprint density at radius 2 is 1.90 bits per heavy atom. The number of nitrogens with zero attached hydrogens (tertiary/aromatic N) is 2. The lowest BCUT2D eigenvalue weighted by atomic mass is 10.1. The summed E-state index contributed by atoms with van der Waals surface area (Å²) in [4.78, 5) is 29.5. The van der Waals surface area contributed by atoms with Crippen LogP contribution in [-0.4, -0.2) is 27.7 Å². The van der Waals surface area contributed by atoms with Gasteiger partial charge in [0.2, 0.25) is 5.75 Å². The van der Waals surface area contributed by atoms with Gasteiger partial charge in [-0.2, -0.15) is 0 Å². The highest BCUT2D eigenvalue weighted by molar-refractivity contribution is 5.95. The normalized spacial score (nSPS) is 10.6. The summed E-state index contributed by atoms with van der Waals surface area (Å²) in [6, 6.07) is 12.9. The quantitative estimate of drug-likeness (QED) is 0.695. The molecule has 3 rings (SSSR count). The van der Waals surface area contributed by atoms with Gasteiger partial charge >= 0.3 is 0 Å². The largest absolute Gasteiger partial charge is 0.501 e. The number of aryl methyl sites for hydroxylation is 2. The number of hydrogen-bond acceptors (Lipinski definition) is 5. The third kappa shape index (κ3) is 3.99. The smallest absolute Gasteiger partial charge is 0.296 e. The number of rotatable bonds is 5. The summed E-state index contributed by atoms with van der Waals surface area (Å²) in [6.07, 6.45) is 0. The number of aromatic nitrogens is 2. The van der Waals surface area contributed by atoms with Gasteiger partial charge in [-0.1, -0.05) is 30.3 Å². The number of ether oxygens (including phenoxy) is 1. The van der Waals surface area contributed by atoms with E-state index in [-0.39, 0.29) is 18.1 Å². The number of carbonyl (C=O) groups excluding carboxylic acids is 1. The Bertz CT molecular complexity index is 1140. The zero-order valence-corrected chi connectivity index (χ0v) is 16.8. The van der Waals surface area contributed by atoms with Crippen molar-refractivity contribution in [3.63, 3.8) is 0 Å². The fourth-order valence-electron chi connectivity index (χ4n) is 3.00. The van der Waals surface area contributed by atoms with Crippen molar-refractivity contribution in [1.29, 1.82) is 0 Å². The minimum atomic E-state index is -0.711. The fourth-order valence-corrected chi connectivity index (χ4v) is 3.00. The molecule has 0 spiro atoms. The van der Waals surface area contributed by atoms with Gasteiger partial charge in [0.25, 0.3) is 11.5 Å². The van der Waals surface area contributed by atoms with Crippen LogP contribution in [-0.2, 0) is 13.6 Å². The predicted molar refractivity (Wildman–Crippen MR) is 110 cm³/mol. The molecule has 1 aromatic heterocycles. The van der Waals surface area contributed by atoms with Crippen molar-refractivity contribution >= 4 is 5.91 Å². The third-order valence-electron chi connectivity index (χ3n) is 4.85. The first kappa shape index (κ1) is 20.1. The molecule has 150 valence electrons. The highest BCUT2D eigenvalue weighted by atomic mass is 16.5. The van der Waals surface area contributed by atoms with Crippen LogP contribution >= 0.6 is 0 Å². The van der Waals surface area contributed by atoms with Crippen LogP contribution in [0.1, 0.15) is 27.2 Å². The Balaban J connectivity index is 1.96. The SMILES string of the molecule is COc1ccccc1-c1nc(C(=O)NCc2ccc(C)c(C)c2)c(O)c(=O)n1C. The van der Waals surface area contributed by atoms with Crippen molar-refractivity contribution in [1.82, 2.24) is 14.9 Å². The molecule has 0 aliphatic rings. The molecule has 0 fully saturated rings. The zero-order valence-electron chi connectivity index (χ0n) is 16.8. The van der Waals surface area contributed by atoms with Crippen LogP contribution in [0.25, 0.3) is 11.4 Å². The summed E-state index contributed by atoms with van der Waals surface area (Å²) in [7, 11) is 2.99. The van der Waals surface area contributed by atoms with Gasteiger partial charge in [0.1, 0.15) is 11.6 Å². The summed E-state index contributed by atoms with van der Waals surface area (Å²) in [5, 5.41) is 13.0. The number of carbonyl (C=O) groups is 1. The highest BCUT2D eigenvalue weighted by Gasteiger charge is 2.22. The molecule has 7 nitrogen and oxygen atoms in total. The lowest BCUT2D eigenvalue weighted by Gasteiger charge is -2.14. The summed E-state index contributed by atoms with van der Waals surface area (Å²) < 4.78 is 6.52. The first-order chi connectivity index (χ1) is 13.8. The van der Waals surface area contributed by atoms with E-state index in [2.05, 4.69) is 10.3 Å². The second-order valence-corrected chi connectivity index (χ2v) is 6.80. The van der Waals surface area contributed by atoms with Gasteiger partial charge in [-0.15, -0.1) is 0 Å². The van der Waals surface area contributed by atoms with E-state index < -0.39 is 17.2 Å². The van der Waals surface area contributed by atoms with E-state index in [1.54, 1.807) is 24.3 Å². The van der Waals surface area contributed by atoms with Crippen LogP contribution in [0.3, 0.4) is 0 Å². The molecular weight excluding hydrogens is 370 g/mol. The van der Waals surface area contributed by atoms with Gasteiger partial charge in [-0.05, 0) is 42.7 Å². The van der Waals surface area contributed by atoms with Gasteiger partial charge in [0.15, 0.2) is 5.69 Å². The van der Waals surface area contributed by atoms with E-state index in [0.29, 0.717) is 11.3 Å². The molecule has 2 aromatic carbocycles. The van der Waals surface area contributed by atoms with E-state index in [4.69, 9.17) is 4.74 Å². The van der Waals surface area contributed by atoms with Gasteiger partial charge < -0.3 is 15.2 Å². The van der Waals surface area contributed by atoms with E-state index in [1.807, 2.05) is 32.0 Å². The number of methoxy groups -OCH3 is 1. The predicted octanol–water partition coefficient (Wildman–Crippen LogP) is 2.71. The highest BCUT2D eigenvalue weighted by Crippen LogP contribution is 2.28. The van der Waals surface area contributed by atoms with E-state index in [1.165, 1.54) is 18.7 Å². The molecule has 0 atom stereocenters. The second kappa shape index (κ2) is 8.18. The van der Waals surface area contributed by atoms with Gasteiger partial charge in [-0.3, -0.25) is 14.2 Å². The van der Waals surface area contributed by atoms with Crippen molar-refractivity contribution in [2.45, 2.75) is 20.4 Å². The Kier molecular flexibility index (Phi) is 5.68. The number of nitrogens with one attached hydrogen (secondary N) is 1. The number of amides is 1. The maximum Gasteiger partial charge on any atom is 0.296 e. The Hall–Kier alpha value is -3.61. The zero-order chi connectivity index (χ0) is 21.1. The molecule has 3 aromatic rings. The lowest BCUT2D eigenvalue weighted by molar-refractivity contribution is 0.0942. The molecule has 0 bridgehead atoms. The van der Waals surface area contributed by atoms with Crippen LogP contribution < -0.4 is 15.6 Å². The molecule has 1 heterocycles. The molecular formula is C22H23N3O4. The first-order valence-corrected chi connectivity index (χ1v) is 9.11. The van der Waals surface area contributed by atoms with Crippen LogP contribution in [0.2, 0.25) is 0 Å². The van der Waals surface area contributed by atoms with E-state index >= 15 is 0 Å². The molecule has 0 aliphatic carbocycles. The molecule has 0 saturated carbocycles. The average molecular weight is 393 g/mol. The van der Waals surface area contributed by atoms with E-state index in [0.717, 1.165) is 16.7 Å². The van der Waals surface area contributed by atoms with Crippen LogP contribution in [0.5, 0.6) is 11.5 Å². The number of aromatic hydroxyl groups is 1. The maximum absolute atomic E-state index is 12.7. The van der Waals surface area contributed by atoms with Gasteiger partial charge in [-0.25, -0.2) is 4.98 Å². The second-order valence-electron chi connectivity index (χ2n) is 6.80. The van der Waals surface area contributed by atoms with E-state index in [9.17, 15) is 14.7 Å².